The number of aryl methyl sites for hydroxylation is 1. The van der Waals surface area contributed by atoms with Gasteiger partial charge in [0.1, 0.15) is 12.4 Å². The van der Waals surface area contributed by atoms with Crippen molar-refractivity contribution in [1.82, 2.24) is 9.78 Å². The van der Waals surface area contributed by atoms with Gasteiger partial charge >= 0.3 is 0 Å². The fourth-order valence-electron chi connectivity index (χ4n) is 1.45. The lowest BCUT2D eigenvalue weighted by molar-refractivity contribution is 0.0966. The second kappa shape index (κ2) is 4.26. The minimum atomic E-state index is -0.400. The number of aromatic nitrogens is 2. The van der Waals surface area contributed by atoms with Gasteiger partial charge in [0, 0.05) is 17.5 Å². The third kappa shape index (κ3) is 2.16. The number of carbonyl (C=O) groups excluding carboxylic acids is 1. The molecule has 0 aliphatic rings. The van der Waals surface area contributed by atoms with E-state index in [1.54, 1.807) is 16.9 Å². The molecule has 2 rings (SSSR count). The van der Waals surface area contributed by atoms with Crippen molar-refractivity contribution in [1.29, 1.82) is 0 Å². The monoisotopic (exact) mass is 218 g/mol. The molecule has 0 spiro atoms. The Hall–Kier alpha value is -1.97. The molecule has 0 fully saturated rings. The standard InChI is InChI=1S/C12H11FN2O/c1-9-5-6-14-15(9)8-12(16)10-3-2-4-11(13)7-10/h2-7H,8H2,1H3. The highest BCUT2D eigenvalue weighted by atomic mass is 19.1. The zero-order chi connectivity index (χ0) is 11.5. The second-order valence-electron chi connectivity index (χ2n) is 3.56. The van der Waals surface area contributed by atoms with Gasteiger partial charge in [-0.25, -0.2) is 4.39 Å². The van der Waals surface area contributed by atoms with Crippen molar-refractivity contribution >= 4 is 5.78 Å². The number of halogens is 1. The summed E-state index contributed by atoms with van der Waals surface area (Å²) in [6.07, 6.45) is 1.63. The number of Topliss-reactive ketones (excluding diaryl/α,β-unsaturated/α-hetero) is 1. The average molecular weight is 218 g/mol. The van der Waals surface area contributed by atoms with Gasteiger partial charge < -0.3 is 0 Å². The molecule has 0 saturated heterocycles. The summed E-state index contributed by atoms with van der Waals surface area (Å²) in [5, 5.41) is 4.01. The van der Waals surface area contributed by atoms with Gasteiger partial charge in [-0.3, -0.25) is 9.48 Å². The molecule has 4 heteroatoms. The number of hydrogen-bond donors (Lipinski definition) is 0. The molecule has 0 bridgehead atoms. The second-order valence-corrected chi connectivity index (χ2v) is 3.56. The Morgan fingerprint density at radius 3 is 2.88 bits per heavy atom. The first-order valence-corrected chi connectivity index (χ1v) is 4.94. The molecule has 0 radical (unpaired) electrons. The number of benzene rings is 1. The van der Waals surface area contributed by atoms with E-state index >= 15 is 0 Å². The topological polar surface area (TPSA) is 34.9 Å². The third-order valence-corrected chi connectivity index (χ3v) is 2.37. The SMILES string of the molecule is Cc1ccnn1CC(=O)c1cccc(F)c1. The molecular formula is C12H11FN2O. The molecule has 1 aromatic carbocycles. The van der Waals surface area contributed by atoms with Crippen LogP contribution in [0.15, 0.2) is 36.5 Å². The van der Waals surface area contributed by atoms with E-state index in [0.717, 1.165) is 5.69 Å². The van der Waals surface area contributed by atoms with Crippen molar-refractivity contribution in [2.45, 2.75) is 13.5 Å². The van der Waals surface area contributed by atoms with Crippen LogP contribution in [0.1, 0.15) is 16.1 Å². The molecule has 0 aliphatic heterocycles. The van der Waals surface area contributed by atoms with Crippen LogP contribution in [0.4, 0.5) is 4.39 Å². The third-order valence-electron chi connectivity index (χ3n) is 2.37. The summed E-state index contributed by atoms with van der Waals surface area (Å²) in [6.45, 7) is 2.01. The summed E-state index contributed by atoms with van der Waals surface area (Å²) in [7, 11) is 0. The highest BCUT2D eigenvalue weighted by molar-refractivity contribution is 5.95. The van der Waals surface area contributed by atoms with E-state index in [1.165, 1.54) is 18.2 Å². The summed E-state index contributed by atoms with van der Waals surface area (Å²) in [4.78, 5) is 11.8. The summed E-state index contributed by atoms with van der Waals surface area (Å²) in [6, 6.07) is 7.50. The van der Waals surface area contributed by atoms with Gasteiger partial charge in [-0.2, -0.15) is 5.10 Å². The lowest BCUT2D eigenvalue weighted by Crippen LogP contribution is -2.12. The number of ketones is 1. The van der Waals surface area contributed by atoms with E-state index in [9.17, 15) is 9.18 Å². The van der Waals surface area contributed by atoms with Crippen LogP contribution in [0.25, 0.3) is 0 Å². The highest BCUT2D eigenvalue weighted by Crippen LogP contribution is 2.06. The number of hydrogen-bond acceptors (Lipinski definition) is 2. The minimum absolute atomic E-state index is 0.141. The van der Waals surface area contributed by atoms with Crippen molar-refractivity contribution in [3.8, 4) is 0 Å². The Balaban J connectivity index is 2.18. The lowest BCUT2D eigenvalue weighted by atomic mass is 10.1. The Kier molecular flexibility index (Phi) is 2.81. The zero-order valence-electron chi connectivity index (χ0n) is 8.85. The zero-order valence-corrected chi connectivity index (χ0v) is 8.85. The number of carbonyl (C=O) groups is 1. The molecule has 0 unspecified atom stereocenters. The Labute approximate surface area is 92.5 Å². The van der Waals surface area contributed by atoms with Gasteiger partial charge in [-0.15, -0.1) is 0 Å². The van der Waals surface area contributed by atoms with Gasteiger partial charge in [0.05, 0.1) is 0 Å². The molecule has 3 nitrogen and oxygen atoms in total. The van der Waals surface area contributed by atoms with Crippen LogP contribution < -0.4 is 0 Å². The van der Waals surface area contributed by atoms with Crippen molar-refractivity contribution < 1.29 is 9.18 Å². The normalized spacial score (nSPS) is 10.4. The van der Waals surface area contributed by atoms with Gasteiger partial charge in [0.25, 0.3) is 0 Å². The largest absolute Gasteiger partial charge is 0.292 e. The maximum atomic E-state index is 12.9. The van der Waals surface area contributed by atoms with Crippen LogP contribution in [0.3, 0.4) is 0 Å². The van der Waals surface area contributed by atoms with Gasteiger partial charge in [0.15, 0.2) is 5.78 Å². The van der Waals surface area contributed by atoms with Crippen LogP contribution >= 0.6 is 0 Å². The predicted octanol–water partition coefficient (Wildman–Crippen LogP) is 2.21. The van der Waals surface area contributed by atoms with Gasteiger partial charge in [-0.05, 0) is 25.1 Å². The highest BCUT2D eigenvalue weighted by Gasteiger charge is 2.08. The molecule has 2 aromatic rings. The first-order valence-electron chi connectivity index (χ1n) is 4.94. The molecule has 1 aromatic heterocycles. The molecule has 0 amide bonds. The summed E-state index contributed by atoms with van der Waals surface area (Å²) in [5.74, 6) is -0.547. The first-order chi connectivity index (χ1) is 7.66. The van der Waals surface area contributed by atoms with Gasteiger partial charge in [-0.1, -0.05) is 12.1 Å². The van der Waals surface area contributed by atoms with Crippen molar-refractivity contribution in [2.75, 3.05) is 0 Å². The molecular weight excluding hydrogens is 207 g/mol. The number of nitrogens with zero attached hydrogens (tertiary/aromatic N) is 2. The quantitative estimate of drug-likeness (QED) is 0.740. The van der Waals surface area contributed by atoms with E-state index < -0.39 is 5.82 Å². The predicted molar refractivity (Wildman–Crippen MR) is 57.7 cm³/mol. The molecule has 0 saturated carbocycles. The molecule has 0 aliphatic carbocycles. The van der Waals surface area contributed by atoms with Crippen molar-refractivity contribution in [3.63, 3.8) is 0 Å². The fourth-order valence-corrected chi connectivity index (χ4v) is 1.45. The van der Waals surface area contributed by atoms with E-state index in [4.69, 9.17) is 0 Å². The van der Waals surface area contributed by atoms with Crippen molar-refractivity contribution in [2.24, 2.45) is 0 Å². The smallest absolute Gasteiger partial charge is 0.184 e. The molecule has 0 atom stereocenters. The van der Waals surface area contributed by atoms with Gasteiger partial charge in [0.2, 0.25) is 0 Å². The average Bonchev–Trinajstić information content (AvgIpc) is 2.64. The Morgan fingerprint density at radius 2 is 2.25 bits per heavy atom. The van der Waals surface area contributed by atoms with Crippen LogP contribution in [0.2, 0.25) is 0 Å². The molecule has 82 valence electrons. The Bertz CT molecular complexity index is 519. The van der Waals surface area contributed by atoms with Crippen molar-refractivity contribution in [3.05, 3.63) is 53.6 Å². The van der Waals surface area contributed by atoms with Crippen LogP contribution in [-0.2, 0) is 6.54 Å². The van der Waals surface area contributed by atoms with E-state index in [-0.39, 0.29) is 12.3 Å². The molecule has 1 heterocycles. The first kappa shape index (κ1) is 10.5. The van der Waals surface area contributed by atoms with Crippen LogP contribution in [-0.4, -0.2) is 15.6 Å². The Morgan fingerprint density at radius 1 is 1.44 bits per heavy atom. The minimum Gasteiger partial charge on any atom is -0.292 e. The summed E-state index contributed by atoms with van der Waals surface area (Å²) >= 11 is 0. The molecule has 0 N–H and O–H groups in total. The van der Waals surface area contributed by atoms with Crippen LogP contribution in [0.5, 0.6) is 0 Å². The van der Waals surface area contributed by atoms with E-state index in [1.807, 2.05) is 13.0 Å². The molecule has 16 heavy (non-hydrogen) atoms. The lowest BCUT2D eigenvalue weighted by Gasteiger charge is -2.03. The fraction of sp³-hybridized carbons (Fsp3) is 0.167. The maximum Gasteiger partial charge on any atom is 0.184 e. The summed E-state index contributed by atoms with van der Waals surface area (Å²) < 4.78 is 14.5. The summed E-state index contributed by atoms with van der Waals surface area (Å²) in [5.41, 5.74) is 1.28. The number of rotatable bonds is 3. The van der Waals surface area contributed by atoms with Crippen LogP contribution in [0, 0.1) is 12.7 Å². The van der Waals surface area contributed by atoms with E-state index in [0.29, 0.717) is 5.56 Å². The maximum absolute atomic E-state index is 12.9. The van der Waals surface area contributed by atoms with E-state index in [2.05, 4.69) is 5.10 Å².